The summed E-state index contributed by atoms with van der Waals surface area (Å²) in [7, 11) is 0. The summed E-state index contributed by atoms with van der Waals surface area (Å²) in [4.78, 5) is 6.64. The minimum absolute atomic E-state index is 0.126. The minimum Gasteiger partial charge on any atom is -0.394 e. The number of aromatic nitrogens is 1. The van der Waals surface area contributed by atoms with Crippen molar-refractivity contribution in [2.24, 2.45) is 0 Å². The van der Waals surface area contributed by atoms with Crippen LogP contribution in [0.3, 0.4) is 0 Å². The van der Waals surface area contributed by atoms with Gasteiger partial charge >= 0.3 is 0 Å². The van der Waals surface area contributed by atoms with Crippen molar-refractivity contribution in [2.75, 3.05) is 32.8 Å². The van der Waals surface area contributed by atoms with Crippen LogP contribution < -0.4 is 5.32 Å². The van der Waals surface area contributed by atoms with E-state index in [4.69, 9.17) is 0 Å². The largest absolute Gasteiger partial charge is 0.394 e. The fourth-order valence-corrected chi connectivity index (χ4v) is 2.77. The van der Waals surface area contributed by atoms with Crippen LogP contribution in [-0.4, -0.2) is 47.8 Å². The van der Waals surface area contributed by atoms with Crippen LogP contribution in [0.25, 0.3) is 0 Å². The molecule has 1 aromatic heterocycles. The quantitative estimate of drug-likeness (QED) is 0.777. The number of thiazole rings is 1. The van der Waals surface area contributed by atoms with E-state index in [0.29, 0.717) is 0 Å². The molecule has 0 radical (unpaired) electrons. The molecule has 1 aliphatic heterocycles. The van der Waals surface area contributed by atoms with E-state index < -0.39 is 0 Å². The number of nitrogens with zero attached hydrogens (tertiary/aromatic N) is 2. The SMILES string of the molecule is CC(CO)(c1nccs1)N1CCNCC1. The van der Waals surface area contributed by atoms with E-state index in [-0.39, 0.29) is 12.1 Å². The van der Waals surface area contributed by atoms with Crippen molar-refractivity contribution in [3.8, 4) is 0 Å². The Kier molecular flexibility index (Phi) is 3.35. The first-order valence-corrected chi connectivity index (χ1v) is 6.12. The van der Waals surface area contributed by atoms with Gasteiger partial charge in [-0.3, -0.25) is 4.90 Å². The summed E-state index contributed by atoms with van der Waals surface area (Å²) in [5, 5.41) is 15.9. The zero-order chi connectivity index (χ0) is 10.7. The number of aliphatic hydroxyl groups excluding tert-OH is 1. The Hall–Kier alpha value is -0.490. The molecule has 5 heteroatoms. The second-order valence-corrected chi connectivity index (χ2v) is 4.90. The summed E-state index contributed by atoms with van der Waals surface area (Å²) in [5.74, 6) is 0. The van der Waals surface area contributed by atoms with Gasteiger partial charge in [-0.25, -0.2) is 4.98 Å². The van der Waals surface area contributed by atoms with Gasteiger partial charge in [-0.2, -0.15) is 0 Å². The molecule has 1 atom stereocenters. The lowest BCUT2D eigenvalue weighted by molar-refractivity contribution is 0.0310. The average molecular weight is 227 g/mol. The van der Waals surface area contributed by atoms with Gasteiger partial charge in [0.15, 0.2) is 0 Å². The molecule has 0 bridgehead atoms. The van der Waals surface area contributed by atoms with Crippen LogP contribution in [0.2, 0.25) is 0 Å². The molecule has 0 spiro atoms. The zero-order valence-electron chi connectivity index (χ0n) is 8.94. The van der Waals surface area contributed by atoms with Gasteiger partial charge in [0.25, 0.3) is 0 Å². The van der Waals surface area contributed by atoms with Crippen molar-refractivity contribution in [3.05, 3.63) is 16.6 Å². The van der Waals surface area contributed by atoms with E-state index in [0.717, 1.165) is 31.2 Å². The molecule has 1 fully saturated rings. The molecular weight excluding hydrogens is 210 g/mol. The summed E-state index contributed by atoms with van der Waals surface area (Å²) in [6.07, 6.45) is 1.80. The predicted octanol–water partition coefficient (Wildman–Crippen LogP) is 0.256. The van der Waals surface area contributed by atoms with Crippen LogP contribution in [0.5, 0.6) is 0 Å². The standard InChI is InChI=1S/C10H17N3OS/c1-10(8-14,9-12-4-7-15-9)13-5-2-11-3-6-13/h4,7,11,14H,2-3,5-6,8H2,1H3. The van der Waals surface area contributed by atoms with Crippen molar-refractivity contribution >= 4 is 11.3 Å². The van der Waals surface area contributed by atoms with Crippen LogP contribution in [0.15, 0.2) is 11.6 Å². The Balaban J connectivity index is 2.20. The van der Waals surface area contributed by atoms with Crippen LogP contribution in [0.4, 0.5) is 0 Å². The average Bonchev–Trinajstić information content (AvgIpc) is 2.83. The second kappa shape index (κ2) is 4.57. The first-order chi connectivity index (χ1) is 7.27. The third-order valence-corrected chi connectivity index (χ3v) is 4.04. The Morgan fingerprint density at radius 3 is 2.87 bits per heavy atom. The Morgan fingerprint density at radius 2 is 2.33 bits per heavy atom. The van der Waals surface area contributed by atoms with E-state index in [1.54, 1.807) is 17.5 Å². The van der Waals surface area contributed by atoms with Gasteiger partial charge < -0.3 is 10.4 Å². The Bertz CT molecular complexity index is 298. The summed E-state index contributed by atoms with van der Waals surface area (Å²) in [5.41, 5.74) is -0.309. The van der Waals surface area contributed by atoms with Gasteiger partial charge in [0.1, 0.15) is 5.01 Å². The van der Waals surface area contributed by atoms with Gasteiger partial charge in [0.05, 0.1) is 12.1 Å². The van der Waals surface area contributed by atoms with Gasteiger partial charge in [0, 0.05) is 37.8 Å². The Morgan fingerprint density at radius 1 is 1.60 bits per heavy atom. The van der Waals surface area contributed by atoms with Crippen LogP contribution in [0.1, 0.15) is 11.9 Å². The van der Waals surface area contributed by atoms with E-state index in [9.17, 15) is 5.11 Å². The number of nitrogens with one attached hydrogen (secondary N) is 1. The number of aliphatic hydroxyl groups is 1. The highest BCUT2D eigenvalue weighted by molar-refractivity contribution is 7.09. The zero-order valence-corrected chi connectivity index (χ0v) is 9.76. The predicted molar refractivity (Wildman–Crippen MR) is 61.0 cm³/mol. The molecule has 0 aliphatic carbocycles. The molecule has 0 aromatic carbocycles. The normalized spacial score (nSPS) is 22.5. The first-order valence-electron chi connectivity index (χ1n) is 5.24. The van der Waals surface area contributed by atoms with Crippen LogP contribution >= 0.6 is 11.3 Å². The molecule has 0 saturated carbocycles. The number of hydrogen-bond acceptors (Lipinski definition) is 5. The minimum atomic E-state index is -0.309. The van der Waals surface area contributed by atoms with E-state index in [1.807, 2.05) is 5.38 Å². The fourth-order valence-electron chi connectivity index (χ4n) is 1.95. The lowest BCUT2D eigenvalue weighted by atomic mass is 10.0. The first kappa shape index (κ1) is 11.0. The molecular formula is C10H17N3OS. The van der Waals surface area contributed by atoms with Crippen molar-refractivity contribution in [3.63, 3.8) is 0 Å². The fraction of sp³-hybridized carbons (Fsp3) is 0.700. The van der Waals surface area contributed by atoms with Crippen molar-refractivity contribution < 1.29 is 5.11 Å². The maximum atomic E-state index is 9.61. The smallest absolute Gasteiger partial charge is 0.115 e. The molecule has 84 valence electrons. The maximum absolute atomic E-state index is 9.61. The Labute approximate surface area is 93.9 Å². The monoisotopic (exact) mass is 227 g/mol. The van der Waals surface area contributed by atoms with Crippen molar-refractivity contribution in [2.45, 2.75) is 12.5 Å². The van der Waals surface area contributed by atoms with Gasteiger partial charge in [-0.05, 0) is 6.92 Å². The molecule has 4 nitrogen and oxygen atoms in total. The highest BCUT2D eigenvalue weighted by atomic mass is 32.1. The molecule has 0 amide bonds. The third kappa shape index (κ3) is 2.06. The molecule has 1 unspecified atom stereocenters. The highest BCUT2D eigenvalue weighted by Gasteiger charge is 2.35. The maximum Gasteiger partial charge on any atom is 0.115 e. The molecule has 1 aliphatic rings. The number of hydrogen-bond donors (Lipinski definition) is 2. The lowest BCUT2D eigenvalue weighted by Gasteiger charge is -2.41. The topological polar surface area (TPSA) is 48.4 Å². The molecule has 2 N–H and O–H groups in total. The van der Waals surface area contributed by atoms with E-state index >= 15 is 0 Å². The number of piperazine rings is 1. The summed E-state index contributed by atoms with van der Waals surface area (Å²) < 4.78 is 0. The second-order valence-electron chi connectivity index (χ2n) is 4.01. The van der Waals surface area contributed by atoms with E-state index in [2.05, 4.69) is 22.1 Å². The van der Waals surface area contributed by atoms with Crippen molar-refractivity contribution in [1.29, 1.82) is 0 Å². The number of rotatable bonds is 3. The molecule has 2 rings (SSSR count). The molecule has 1 saturated heterocycles. The van der Waals surface area contributed by atoms with Crippen molar-refractivity contribution in [1.82, 2.24) is 15.2 Å². The third-order valence-electron chi connectivity index (χ3n) is 3.02. The molecule has 15 heavy (non-hydrogen) atoms. The van der Waals surface area contributed by atoms with E-state index in [1.165, 1.54) is 0 Å². The summed E-state index contributed by atoms with van der Waals surface area (Å²) in [6.45, 7) is 6.10. The lowest BCUT2D eigenvalue weighted by Crippen LogP contribution is -2.54. The van der Waals surface area contributed by atoms with Gasteiger partial charge in [0.2, 0.25) is 0 Å². The van der Waals surface area contributed by atoms with Gasteiger partial charge in [-0.15, -0.1) is 11.3 Å². The summed E-state index contributed by atoms with van der Waals surface area (Å²) >= 11 is 1.61. The van der Waals surface area contributed by atoms with Crippen LogP contribution in [-0.2, 0) is 5.54 Å². The van der Waals surface area contributed by atoms with Crippen LogP contribution in [0, 0.1) is 0 Å². The van der Waals surface area contributed by atoms with Gasteiger partial charge in [-0.1, -0.05) is 0 Å². The summed E-state index contributed by atoms with van der Waals surface area (Å²) in [6, 6.07) is 0. The molecule has 1 aromatic rings. The highest BCUT2D eigenvalue weighted by Crippen LogP contribution is 2.29. The molecule has 2 heterocycles.